The topological polar surface area (TPSA) is 0 Å². The Morgan fingerprint density at radius 2 is 1.86 bits per heavy atom. The molecule has 1 rings (SSSR count). The van der Waals surface area contributed by atoms with Gasteiger partial charge in [-0.2, -0.15) is 0 Å². The Hall–Kier alpha value is -0.350. The Morgan fingerprint density at radius 3 is 2.36 bits per heavy atom. The zero-order chi connectivity index (χ0) is 11.0. The molecule has 0 aromatic heterocycles. The van der Waals surface area contributed by atoms with Crippen molar-refractivity contribution in [3.05, 3.63) is 29.3 Å². The third kappa shape index (κ3) is 4.77. The molecule has 0 bridgehead atoms. The average molecular weight is 210 g/mol. The van der Waals surface area contributed by atoms with Gasteiger partial charge in [0.1, 0.15) is 0 Å². The Balaban J connectivity index is 0.000000791. The van der Waals surface area contributed by atoms with Crippen LogP contribution in [0.1, 0.15) is 44.7 Å². The summed E-state index contributed by atoms with van der Waals surface area (Å²) in [6.07, 6.45) is 3.81. The molecule has 1 aromatic rings. The average Bonchev–Trinajstić information content (AvgIpc) is 2.23. The lowest BCUT2D eigenvalue weighted by Gasteiger charge is -2.03. The third-order valence-electron chi connectivity index (χ3n) is 2.15. The van der Waals surface area contributed by atoms with E-state index in [0.717, 1.165) is 0 Å². The molecule has 1 heteroatoms. The van der Waals surface area contributed by atoms with Crippen LogP contribution >= 0.6 is 9.24 Å². The van der Waals surface area contributed by atoms with Crippen LogP contribution in [0.4, 0.5) is 0 Å². The lowest BCUT2D eigenvalue weighted by molar-refractivity contribution is 0.795. The van der Waals surface area contributed by atoms with Gasteiger partial charge in [0.2, 0.25) is 0 Å². The van der Waals surface area contributed by atoms with E-state index in [2.05, 4.69) is 41.3 Å². The molecule has 0 aliphatic carbocycles. The zero-order valence-electron chi connectivity index (χ0n) is 9.93. The molecule has 1 aromatic carbocycles. The first-order valence-electron chi connectivity index (χ1n) is 5.59. The van der Waals surface area contributed by atoms with Gasteiger partial charge in [-0.15, -0.1) is 9.24 Å². The molecule has 0 heterocycles. The maximum absolute atomic E-state index is 2.76. The minimum atomic E-state index is 1.22. The van der Waals surface area contributed by atoms with E-state index in [9.17, 15) is 0 Å². The molecule has 0 aliphatic rings. The fourth-order valence-electron chi connectivity index (χ4n) is 1.27. The molecule has 0 fully saturated rings. The number of hydrogen-bond donors (Lipinski definition) is 0. The van der Waals surface area contributed by atoms with Crippen LogP contribution in [-0.2, 0) is 6.42 Å². The number of unbranched alkanes of at least 4 members (excludes halogenated alkanes) is 1. The summed E-state index contributed by atoms with van der Waals surface area (Å²) in [5, 5.41) is 1.32. The van der Waals surface area contributed by atoms with Gasteiger partial charge in [-0.05, 0) is 36.2 Å². The third-order valence-corrected chi connectivity index (χ3v) is 2.80. The highest BCUT2D eigenvalue weighted by Crippen LogP contribution is 2.08. The number of hydrogen-bond acceptors (Lipinski definition) is 0. The first kappa shape index (κ1) is 13.7. The summed E-state index contributed by atoms with van der Waals surface area (Å²) in [5.41, 5.74) is 2.86. The summed E-state index contributed by atoms with van der Waals surface area (Å²) < 4.78 is 0. The van der Waals surface area contributed by atoms with Gasteiger partial charge < -0.3 is 0 Å². The Kier molecular flexibility index (Phi) is 7.80. The normalized spacial score (nSPS) is 9.21. The number of benzene rings is 1. The van der Waals surface area contributed by atoms with E-state index in [1.54, 1.807) is 0 Å². The van der Waals surface area contributed by atoms with Gasteiger partial charge in [-0.3, -0.25) is 0 Å². The quantitative estimate of drug-likeness (QED) is 0.664. The molecule has 0 spiro atoms. The predicted octanol–water partition coefficient (Wildman–Crippen LogP) is 3.86. The lowest BCUT2D eigenvalue weighted by Crippen LogP contribution is -1.97. The van der Waals surface area contributed by atoms with Crippen LogP contribution in [0.3, 0.4) is 0 Å². The van der Waals surface area contributed by atoms with E-state index >= 15 is 0 Å². The van der Waals surface area contributed by atoms with E-state index in [1.165, 1.54) is 35.7 Å². The van der Waals surface area contributed by atoms with Gasteiger partial charge in [0.25, 0.3) is 0 Å². The van der Waals surface area contributed by atoms with Crippen molar-refractivity contribution in [2.75, 3.05) is 0 Å². The molecule has 0 aliphatic heterocycles. The van der Waals surface area contributed by atoms with E-state index < -0.39 is 0 Å². The smallest absolute Gasteiger partial charge is 0.0273 e. The molecule has 0 saturated carbocycles. The molecule has 1 atom stereocenters. The van der Waals surface area contributed by atoms with E-state index in [4.69, 9.17) is 0 Å². The summed E-state index contributed by atoms with van der Waals surface area (Å²) in [5.74, 6) is 0. The molecule has 0 N–H and O–H groups in total. The predicted molar refractivity (Wildman–Crippen MR) is 70.5 cm³/mol. The van der Waals surface area contributed by atoms with Crippen molar-refractivity contribution in [2.45, 2.75) is 47.0 Å². The molecule has 0 saturated heterocycles. The second-order valence-corrected chi connectivity index (χ2v) is 3.92. The molecule has 1 unspecified atom stereocenters. The van der Waals surface area contributed by atoms with Crippen LogP contribution in [0.15, 0.2) is 18.2 Å². The molecule has 0 radical (unpaired) electrons. The molecule has 0 amide bonds. The molecule has 0 nitrogen and oxygen atoms in total. The maximum atomic E-state index is 2.76. The fourth-order valence-corrected chi connectivity index (χ4v) is 1.45. The minimum absolute atomic E-state index is 1.22. The molecular weight excluding hydrogens is 187 g/mol. The van der Waals surface area contributed by atoms with Gasteiger partial charge in [0, 0.05) is 0 Å². The highest BCUT2D eigenvalue weighted by Gasteiger charge is 1.95. The Labute approximate surface area is 91.3 Å². The van der Waals surface area contributed by atoms with Crippen molar-refractivity contribution in [3.8, 4) is 0 Å². The monoisotopic (exact) mass is 210 g/mol. The Bertz CT molecular complexity index is 253. The van der Waals surface area contributed by atoms with Gasteiger partial charge in [0.15, 0.2) is 0 Å². The SMILES string of the molecule is CC.CCCCc1ccc(P)c(C)c1. The number of rotatable bonds is 3. The van der Waals surface area contributed by atoms with Crippen LogP contribution in [0.25, 0.3) is 0 Å². The van der Waals surface area contributed by atoms with Crippen LogP contribution < -0.4 is 5.30 Å². The minimum Gasteiger partial charge on any atom is -0.105 e. The second kappa shape index (κ2) is 8.00. The summed E-state index contributed by atoms with van der Waals surface area (Å²) in [6, 6.07) is 6.70. The number of aryl methyl sites for hydroxylation is 2. The molecular formula is C13H23P. The van der Waals surface area contributed by atoms with Gasteiger partial charge >= 0.3 is 0 Å². The largest absolute Gasteiger partial charge is 0.105 e. The van der Waals surface area contributed by atoms with E-state index in [0.29, 0.717) is 0 Å². The summed E-state index contributed by atoms with van der Waals surface area (Å²) >= 11 is 0. The zero-order valence-corrected chi connectivity index (χ0v) is 11.1. The van der Waals surface area contributed by atoms with Crippen LogP contribution in [0.5, 0.6) is 0 Å². The first-order chi connectivity index (χ1) is 6.74. The fraction of sp³-hybridized carbons (Fsp3) is 0.538. The first-order valence-corrected chi connectivity index (χ1v) is 6.16. The van der Waals surface area contributed by atoms with Gasteiger partial charge in [0.05, 0.1) is 0 Å². The van der Waals surface area contributed by atoms with Crippen molar-refractivity contribution in [3.63, 3.8) is 0 Å². The second-order valence-electron chi connectivity index (χ2n) is 3.29. The van der Waals surface area contributed by atoms with Crippen molar-refractivity contribution >= 4 is 14.5 Å². The van der Waals surface area contributed by atoms with Crippen LogP contribution in [0.2, 0.25) is 0 Å². The van der Waals surface area contributed by atoms with Crippen molar-refractivity contribution in [1.82, 2.24) is 0 Å². The van der Waals surface area contributed by atoms with Gasteiger partial charge in [-0.1, -0.05) is 45.4 Å². The highest BCUT2D eigenvalue weighted by atomic mass is 31.0. The standard InChI is InChI=1S/C11H17P.C2H6/c1-3-4-5-10-6-7-11(12)9(2)8-10;1-2/h6-8H,3-5,12H2,1-2H3;1-2H3. The van der Waals surface area contributed by atoms with Crippen molar-refractivity contribution in [1.29, 1.82) is 0 Å². The van der Waals surface area contributed by atoms with E-state index in [1.807, 2.05) is 13.8 Å². The lowest BCUT2D eigenvalue weighted by atomic mass is 10.1. The van der Waals surface area contributed by atoms with Crippen molar-refractivity contribution < 1.29 is 0 Å². The van der Waals surface area contributed by atoms with E-state index in [-0.39, 0.29) is 0 Å². The van der Waals surface area contributed by atoms with Crippen molar-refractivity contribution in [2.24, 2.45) is 0 Å². The highest BCUT2D eigenvalue weighted by molar-refractivity contribution is 7.27. The summed E-state index contributed by atoms with van der Waals surface area (Å²) in [6.45, 7) is 8.40. The Morgan fingerprint density at radius 1 is 1.21 bits per heavy atom. The maximum Gasteiger partial charge on any atom is -0.0273 e. The van der Waals surface area contributed by atoms with Crippen LogP contribution in [-0.4, -0.2) is 0 Å². The summed E-state index contributed by atoms with van der Waals surface area (Å²) in [7, 11) is 2.76. The van der Waals surface area contributed by atoms with Crippen LogP contribution in [0, 0.1) is 6.92 Å². The van der Waals surface area contributed by atoms with Gasteiger partial charge in [-0.25, -0.2) is 0 Å². The summed E-state index contributed by atoms with van der Waals surface area (Å²) in [4.78, 5) is 0. The molecule has 14 heavy (non-hydrogen) atoms. The molecule has 80 valence electrons.